The molecule has 0 atom stereocenters. The summed E-state index contributed by atoms with van der Waals surface area (Å²) < 4.78 is 29.3. The van der Waals surface area contributed by atoms with Crippen LogP contribution >= 0.6 is 0 Å². The van der Waals surface area contributed by atoms with Gasteiger partial charge in [0.2, 0.25) is 0 Å². The maximum absolute atomic E-state index is 12.9. The first kappa shape index (κ1) is 18.7. The van der Waals surface area contributed by atoms with Crippen molar-refractivity contribution in [3.63, 3.8) is 0 Å². The molecule has 0 unspecified atom stereocenters. The number of carbonyl (C=O) groups excluding carboxylic acids is 1. The van der Waals surface area contributed by atoms with Crippen LogP contribution in [0.2, 0.25) is 0 Å². The number of pyridine rings is 1. The third kappa shape index (κ3) is 3.82. The molecule has 1 aromatic carbocycles. The van der Waals surface area contributed by atoms with Crippen molar-refractivity contribution in [1.82, 2.24) is 14.0 Å². The molecule has 0 saturated heterocycles. The van der Waals surface area contributed by atoms with Gasteiger partial charge >= 0.3 is 0 Å². The number of hydrogen-bond acceptors (Lipinski definition) is 3. The van der Waals surface area contributed by atoms with E-state index in [2.05, 4.69) is 15.6 Å². The molecule has 0 fully saturated rings. The van der Waals surface area contributed by atoms with Gasteiger partial charge in [-0.25, -0.2) is 13.8 Å². The molecule has 8 heteroatoms. The van der Waals surface area contributed by atoms with Gasteiger partial charge in [0.05, 0.1) is 5.56 Å². The first-order valence-corrected chi connectivity index (χ1v) is 8.98. The Morgan fingerprint density at radius 3 is 2.41 bits per heavy atom. The number of anilines is 3. The number of aryl methyl sites for hydroxylation is 2. The van der Waals surface area contributed by atoms with Crippen molar-refractivity contribution >= 4 is 28.7 Å². The monoisotopic (exact) mass is 395 g/mol. The summed E-state index contributed by atoms with van der Waals surface area (Å²) in [6.45, 7) is 1.89. The van der Waals surface area contributed by atoms with Crippen molar-refractivity contribution in [3.8, 4) is 0 Å². The topological polar surface area (TPSA) is 63.4 Å². The first-order chi connectivity index (χ1) is 13.9. The van der Waals surface area contributed by atoms with Gasteiger partial charge in [0.15, 0.2) is 0 Å². The number of alkyl halides is 2. The molecule has 0 aliphatic carbocycles. The maximum atomic E-state index is 12.9. The Hall–Kier alpha value is -3.68. The minimum absolute atomic E-state index is 0.175. The van der Waals surface area contributed by atoms with Crippen LogP contribution in [0, 0.1) is 6.92 Å². The van der Waals surface area contributed by atoms with Crippen molar-refractivity contribution in [2.75, 3.05) is 10.6 Å². The number of halogens is 2. The molecule has 2 N–H and O–H groups in total. The Labute approximate surface area is 165 Å². The van der Waals surface area contributed by atoms with E-state index in [1.807, 2.05) is 24.7 Å². The predicted molar refractivity (Wildman–Crippen MR) is 108 cm³/mol. The lowest BCUT2D eigenvalue weighted by molar-refractivity contribution is 0.102. The molecule has 4 aromatic rings. The van der Waals surface area contributed by atoms with E-state index in [0.29, 0.717) is 22.7 Å². The summed E-state index contributed by atoms with van der Waals surface area (Å²) in [4.78, 5) is 16.3. The molecule has 0 aliphatic heterocycles. The Kier molecular flexibility index (Phi) is 4.75. The summed E-state index contributed by atoms with van der Waals surface area (Å²) in [5.41, 5.74) is 3.10. The Morgan fingerprint density at radius 2 is 1.76 bits per heavy atom. The second kappa shape index (κ2) is 7.38. The molecule has 3 aromatic heterocycles. The number of rotatable bonds is 5. The highest BCUT2D eigenvalue weighted by Gasteiger charge is 2.14. The number of amides is 1. The van der Waals surface area contributed by atoms with Crippen LogP contribution in [0.3, 0.4) is 0 Å². The fraction of sp³-hybridized carbons (Fsp3) is 0.143. The second-order valence-corrected chi connectivity index (χ2v) is 6.78. The van der Waals surface area contributed by atoms with Gasteiger partial charge in [0, 0.05) is 37.0 Å². The lowest BCUT2D eigenvalue weighted by Crippen LogP contribution is -2.12. The number of nitrogens with zero attached hydrogens (tertiary/aromatic N) is 3. The van der Waals surface area contributed by atoms with Crippen LogP contribution in [0.1, 0.15) is 28.0 Å². The fourth-order valence-electron chi connectivity index (χ4n) is 3.18. The van der Waals surface area contributed by atoms with Crippen LogP contribution in [-0.4, -0.2) is 19.9 Å². The van der Waals surface area contributed by atoms with Gasteiger partial charge in [-0.05, 0) is 48.9 Å². The summed E-state index contributed by atoms with van der Waals surface area (Å²) >= 11 is 0. The van der Waals surface area contributed by atoms with Gasteiger partial charge in [-0.1, -0.05) is 6.07 Å². The van der Waals surface area contributed by atoms with E-state index in [0.717, 1.165) is 11.3 Å². The molecule has 1 amide bonds. The third-order valence-corrected chi connectivity index (χ3v) is 4.55. The van der Waals surface area contributed by atoms with E-state index in [1.165, 1.54) is 6.20 Å². The summed E-state index contributed by atoms with van der Waals surface area (Å²) in [5, 5.41) is 6.06. The molecule has 148 valence electrons. The van der Waals surface area contributed by atoms with E-state index >= 15 is 0 Å². The Balaban J connectivity index is 1.51. The molecule has 29 heavy (non-hydrogen) atoms. The average molecular weight is 395 g/mol. The molecular weight excluding hydrogens is 376 g/mol. The average Bonchev–Trinajstić information content (AvgIpc) is 3.27. The highest BCUT2D eigenvalue weighted by molar-refractivity contribution is 6.05. The zero-order valence-electron chi connectivity index (χ0n) is 15.9. The molecule has 3 heterocycles. The smallest absolute Gasteiger partial charge is 0.281 e. The van der Waals surface area contributed by atoms with E-state index in [9.17, 15) is 13.6 Å². The SMILES string of the molecule is Cc1cn(C)cc1C(=O)Nc1ccc(Nc2cccc3nc(C(F)F)cn23)cc1. The zero-order chi connectivity index (χ0) is 20.5. The number of aromatic nitrogens is 3. The molecule has 0 spiro atoms. The van der Waals surface area contributed by atoms with Crippen LogP contribution in [0.25, 0.3) is 5.65 Å². The summed E-state index contributed by atoms with van der Waals surface area (Å²) in [7, 11) is 1.87. The number of benzene rings is 1. The number of imidazole rings is 1. The van der Waals surface area contributed by atoms with Gasteiger partial charge in [-0.2, -0.15) is 0 Å². The molecule has 0 bridgehead atoms. The van der Waals surface area contributed by atoms with Crippen molar-refractivity contribution < 1.29 is 13.6 Å². The van der Waals surface area contributed by atoms with E-state index < -0.39 is 6.43 Å². The van der Waals surface area contributed by atoms with Crippen molar-refractivity contribution in [2.24, 2.45) is 7.05 Å². The molecule has 0 radical (unpaired) electrons. The lowest BCUT2D eigenvalue weighted by Gasteiger charge is -2.10. The Bertz CT molecular complexity index is 1180. The quantitative estimate of drug-likeness (QED) is 0.504. The fourth-order valence-corrected chi connectivity index (χ4v) is 3.18. The van der Waals surface area contributed by atoms with E-state index in [1.54, 1.807) is 53.1 Å². The molecule has 4 rings (SSSR count). The number of nitrogens with one attached hydrogen (secondary N) is 2. The van der Waals surface area contributed by atoms with Gasteiger partial charge in [0.25, 0.3) is 12.3 Å². The standard InChI is InChI=1S/C21H19F2N5O/c1-13-10-27(2)11-16(13)21(29)25-15-8-6-14(7-9-15)24-18-4-3-5-19-26-17(20(22)23)12-28(18)19/h3-12,20,24H,1-2H3,(H,25,29). The van der Waals surface area contributed by atoms with Gasteiger partial charge in [-0.3, -0.25) is 9.20 Å². The van der Waals surface area contributed by atoms with Crippen LogP contribution < -0.4 is 10.6 Å². The zero-order valence-corrected chi connectivity index (χ0v) is 15.9. The summed E-state index contributed by atoms with van der Waals surface area (Å²) in [6.07, 6.45) is 2.36. The van der Waals surface area contributed by atoms with Crippen LogP contribution in [0.4, 0.5) is 26.0 Å². The van der Waals surface area contributed by atoms with Crippen LogP contribution in [0.5, 0.6) is 0 Å². The van der Waals surface area contributed by atoms with E-state index in [4.69, 9.17) is 0 Å². The minimum Gasteiger partial charge on any atom is -0.356 e. The van der Waals surface area contributed by atoms with Crippen LogP contribution in [0.15, 0.2) is 61.1 Å². The minimum atomic E-state index is -2.63. The molecule has 6 nitrogen and oxygen atoms in total. The van der Waals surface area contributed by atoms with Crippen molar-refractivity contribution in [3.05, 3.63) is 77.9 Å². The Morgan fingerprint density at radius 1 is 1.03 bits per heavy atom. The predicted octanol–water partition coefficient (Wildman–Crippen LogP) is 4.91. The highest BCUT2D eigenvalue weighted by Crippen LogP contribution is 2.24. The third-order valence-electron chi connectivity index (χ3n) is 4.55. The van der Waals surface area contributed by atoms with Crippen LogP contribution in [-0.2, 0) is 7.05 Å². The number of hydrogen-bond donors (Lipinski definition) is 2. The first-order valence-electron chi connectivity index (χ1n) is 8.98. The van der Waals surface area contributed by atoms with Gasteiger partial charge < -0.3 is 15.2 Å². The van der Waals surface area contributed by atoms with Gasteiger partial charge in [-0.15, -0.1) is 0 Å². The lowest BCUT2D eigenvalue weighted by atomic mass is 10.2. The molecule has 0 saturated carbocycles. The van der Waals surface area contributed by atoms with Gasteiger partial charge in [0.1, 0.15) is 17.2 Å². The van der Waals surface area contributed by atoms with Crippen molar-refractivity contribution in [2.45, 2.75) is 13.3 Å². The molecule has 0 aliphatic rings. The maximum Gasteiger partial charge on any atom is 0.281 e. The normalized spacial score (nSPS) is 11.2. The number of fused-ring (bicyclic) bond motifs is 1. The summed E-state index contributed by atoms with van der Waals surface area (Å²) in [5.74, 6) is 0.435. The summed E-state index contributed by atoms with van der Waals surface area (Å²) in [6, 6.07) is 12.3. The second-order valence-electron chi connectivity index (χ2n) is 6.78. The highest BCUT2D eigenvalue weighted by atomic mass is 19.3. The van der Waals surface area contributed by atoms with Crippen molar-refractivity contribution in [1.29, 1.82) is 0 Å². The number of carbonyl (C=O) groups is 1. The van der Waals surface area contributed by atoms with E-state index in [-0.39, 0.29) is 11.6 Å². The largest absolute Gasteiger partial charge is 0.356 e. The molecular formula is C21H19F2N5O.